The van der Waals surface area contributed by atoms with Crippen LogP contribution in [0.2, 0.25) is 0 Å². The van der Waals surface area contributed by atoms with Crippen molar-refractivity contribution in [1.29, 1.82) is 0 Å². The minimum atomic E-state index is -0.0813. The van der Waals surface area contributed by atoms with Crippen LogP contribution in [0.1, 0.15) is 5.56 Å². The zero-order chi connectivity index (χ0) is 18.5. The number of nitrogen functional groups attached to an aromatic ring is 1. The summed E-state index contributed by atoms with van der Waals surface area (Å²) in [4.78, 5) is 28.7. The van der Waals surface area contributed by atoms with Gasteiger partial charge in [0, 0.05) is 48.3 Å². The molecule has 0 atom stereocenters. The van der Waals surface area contributed by atoms with Gasteiger partial charge in [-0.05, 0) is 12.1 Å². The summed E-state index contributed by atoms with van der Waals surface area (Å²) in [7, 11) is 0. The van der Waals surface area contributed by atoms with Gasteiger partial charge in [0.1, 0.15) is 29.3 Å². The van der Waals surface area contributed by atoms with Crippen LogP contribution in [0.3, 0.4) is 0 Å². The maximum atomic E-state index is 12.2. The van der Waals surface area contributed by atoms with Crippen LogP contribution >= 0.6 is 15.9 Å². The molecule has 2 aromatic heterocycles. The van der Waals surface area contributed by atoms with E-state index in [9.17, 15) is 4.79 Å². The molecule has 1 saturated heterocycles. The Kier molecular flexibility index (Phi) is 5.74. The number of hydrogen-bond acceptors (Lipinski definition) is 7. The molecule has 0 aliphatic carbocycles. The van der Waals surface area contributed by atoms with E-state index in [0.29, 0.717) is 47.3 Å². The molecular weight excluding hydrogens is 400 g/mol. The second-order valence-electron chi connectivity index (χ2n) is 5.83. The molecule has 0 saturated carbocycles. The number of pyridine rings is 1. The summed E-state index contributed by atoms with van der Waals surface area (Å²) in [5.41, 5.74) is 6.52. The highest BCUT2D eigenvalue weighted by molar-refractivity contribution is 9.18. The number of hydrogen-bond donors (Lipinski definition) is 3. The van der Waals surface area contributed by atoms with E-state index >= 15 is 0 Å². The molecule has 1 fully saturated rings. The number of halogens is 1. The molecule has 9 nitrogen and oxygen atoms in total. The minimum Gasteiger partial charge on any atom is -0.383 e. The fraction of sp³-hybridized carbons (Fsp3) is 0.312. The van der Waals surface area contributed by atoms with Gasteiger partial charge < -0.3 is 16.0 Å². The topological polar surface area (TPSA) is 126 Å². The van der Waals surface area contributed by atoms with Crippen LogP contribution in [-0.4, -0.2) is 63.1 Å². The van der Waals surface area contributed by atoms with Crippen molar-refractivity contribution in [2.45, 2.75) is 0 Å². The molecule has 3 rings (SSSR count). The van der Waals surface area contributed by atoms with Crippen molar-refractivity contribution in [1.82, 2.24) is 19.9 Å². The quantitative estimate of drug-likeness (QED) is 0.536. The largest absolute Gasteiger partial charge is 0.383 e. The third kappa shape index (κ3) is 4.33. The van der Waals surface area contributed by atoms with E-state index in [2.05, 4.69) is 46.0 Å². The van der Waals surface area contributed by atoms with Gasteiger partial charge in [-0.25, -0.2) is 20.4 Å². The fourth-order valence-electron chi connectivity index (χ4n) is 2.80. The number of carbonyl (C=O) groups is 1. The first-order valence-electron chi connectivity index (χ1n) is 8.11. The van der Waals surface area contributed by atoms with Crippen LogP contribution in [0.5, 0.6) is 0 Å². The second-order valence-corrected chi connectivity index (χ2v) is 6.69. The zero-order valence-electron chi connectivity index (χ0n) is 14.1. The van der Waals surface area contributed by atoms with Gasteiger partial charge in [0.05, 0.1) is 6.54 Å². The monoisotopic (exact) mass is 419 g/mol. The second kappa shape index (κ2) is 8.19. The number of piperazine rings is 1. The number of amides is 1. The van der Waals surface area contributed by atoms with Gasteiger partial charge in [0.2, 0.25) is 5.91 Å². The lowest BCUT2D eigenvalue weighted by Gasteiger charge is -2.35. The molecule has 5 N–H and O–H groups in total. The number of carbonyl (C=O) groups excluding carboxylic acids is 1. The average molecular weight is 420 g/mol. The maximum absolute atomic E-state index is 12.2. The normalized spacial score (nSPS) is 14.9. The molecule has 136 valence electrons. The Morgan fingerprint density at radius 3 is 2.65 bits per heavy atom. The Hall–Kier alpha value is -2.59. The van der Waals surface area contributed by atoms with Gasteiger partial charge in [-0.1, -0.05) is 6.07 Å². The van der Waals surface area contributed by atoms with Gasteiger partial charge in [-0.3, -0.25) is 9.69 Å². The van der Waals surface area contributed by atoms with Gasteiger partial charge in [-0.2, -0.15) is 0 Å². The molecule has 3 heterocycles. The Morgan fingerprint density at radius 2 is 2.00 bits per heavy atom. The Bertz CT molecular complexity index is 792. The number of nitrogens with two attached hydrogens (primary N) is 2. The fourth-order valence-corrected chi connectivity index (χ4v) is 3.18. The number of anilines is 3. The van der Waals surface area contributed by atoms with Crippen LogP contribution in [0, 0.1) is 0 Å². The number of nitrogens with one attached hydrogen (secondary N) is 1. The molecule has 10 heteroatoms. The third-order valence-corrected chi connectivity index (χ3v) is 4.46. The average Bonchev–Trinajstić information content (AvgIpc) is 2.62. The molecule has 1 aliphatic rings. The summed E-state index contributed by atoms with van der Waals surface area (Å²) in [6, 6.07) is 5.40. The minimum absolute atomic E-state index is 0.0813. The lowest BCUT2D eigenvalue weighted by Crippen LogP contribution is -2.49. The zero-order valence-corrected chi connectivity index (χ0v) is 15.7. The lowest BCUT2D eigenvalue weighted by atomic mass is 10.2. The number of aromatic nitrogens is 3. The van der Waals surface area contributed by atoms with Crippen molar-refractivity contribution in [2.24, 2.45) is 0 Å². The van der Waals surface area contributed by atoms with E-state index in [-0.39, 0.29) is 5.91 Å². The summed E-state index contributed by atoms with van der Waals surface area (Å²) < 4.78 is 0.405. The molecule has 1 aliphatic heterocycles. The van der Waals surface area contributed by atoms with E-state index < -0.39 is 0 Å². The first-order valence-corrected chi connectivity index (χ1v) is 8.91. The molecule has 1 amide bonds. The summed E-state index contributed by atoms with van der Waals surface area (Å²) in [6.07, 6.45) is 3.07. The van der Waals surface area contributed by atoms with Gasteiger partial charge in [0.15, 0.2) is 0 Å². The molecule has 26 heavy (non-hydrogen) atoms. The highest BCUT2D eigenvalue weighted by Crippen LogP contribution is 2.24. The van der Waals surface area contributed by atoms with Crippen molar-refractivity contribution in [3.8, 4) is 0 Å². The van der Waals surface area contributed by atoms with Crippen molar-refractivity contribution in [3.63, 3.8) is 0 Å². The van der Waals surface area contributed by atoms with Gasteiger partial charge in [-0.15, -0.1) is 0 Å². The van der Waals surface area contributed by atoms with E-state index in [1.807, 2.05) is 6.07 Å². The smallest absolute Gasteiger partial charge is 0.254 e. The highest BCUT2D eigenvalue weighted by atomic mass is 79.9. The third-order valence-electron chi connectivity index (χ3n) is 4.07. The Labute approximate surface area is 159 Å². The van der Waals surface area contributed by atoms with Gasteiger partial charge in [0.25, 0.3) is 4.62 Å². The molecule has 2 aromatic rings. The molecule has 0 aromatic carbocycles. The van der Waals surface area contributed by atoms with E-state index in [0.717, 1.165) is 13.1 Å². The van der Waals surface area contributed by atoms with E-state index in [4.69, 9.17) is 11.1 Å². The number of nitrogens with zero attached hydrogens (tertiary/aromatic N) is 5. The predicted octanol–water partition coefficient (Wildman–Crippen LogP) is -0.885. The molecule has 0 bridgehead atoms. The van der Waals surface area contributed by atoms with Crippen LogP contribution in [0.25, 0.3) is 0 Å². The standard InChI is InChI=1S/C16H19BrN8O/c17-14(18)13-15(19)21-10-22-16(13)25-7-5-24(6-8-25)9-12(26)23-11-3-1-2-4-20-11/h1-4,10,18H,5-9H2,(H2,19,21,22)(H,20,23,26)/p+1. The van der Waals surface area contributed by atoms with Crippen LogP contribution in [-0.2, 0) is 4.79 Å². The van der Waals surface area contributed by atoms with Crippen molar-refractivity contribution in [3.05, 3.63) is 36.3 Å². The summed E-state index contributed by atoms with van der Waals surface area (Å²) in [5, 5.41) is 8.66. The van der Waals surface area contributed by atoms with E-state index in [1.165, 1.54) is 6.33 Å². The van der Waals surface area contributed by atoms with Gasteiger partial charge >= 0.3 is 0 Å². The first-order chi connectivity index (χ1) is 12.5. The van der Waals surface area contributed by atoms with Crippen LogP contribution in [0.15, 0.2) is 30.7 Å². The van der Waals surface area contributed by atoms with Crippen molar-refractivity contribution < 1.29 is 10.2 Å². The number of rotatable bonds is 5. The Morgan fingerprint density at radius 1 is 1.23 bits per heavy atom. The lowest BCUT2D eigenvalue weighted by molar-refractivity contribution is -0.117. The maximum Gasteiger partial charge on any atom is 0.254 e. The Balaban J connectivity index is 1.57. The molecular formula is C16H20BrN8O+. The van der Waals surface area contributed by atoms with E-state index in [1.54, 1.807) is 18.3 Å². The van der Waals surface area contributed by atoms with Crippen molar-refractivity contribution >= 4 is 43.9 Å². The molecule has 0 spiro atoms. The van der Waals surface area contributed by atoms with Crippen molar-refractivity contribution in [2.75, 3.05) is 48.7 Å². The molecule has 0 radical (unpaired) electrons. The summed E-state index contributed by atoms with van der Waals surface area (Å²) >= 11 is 3.27. The van der Waals surface area contributed by atoms with Crippen LogP contribution in [0.4, 0.5) is 17.5 Å². The van der Waals surface area contributed by atoms with Crippen LogP contribution < -0.4 is 21.4 Å². The predicted molar refractivity (Wildman–Crippen MR) is 103 cm³/mol. The SMILES string of the molecule is Nc1ncnc(N2CCN(CC(=O)Nc3ccccn3)CC2)c1C(=[NH2+])Br. The summed E-state index contributed by atoms with van der Waals surface area (Å²) in [5.74, 6) is 1.51. The molecule has 0 unspecified atom stereocenters. The first kappa shape index (κ1) is 18.2. The summed E-state index contributed by atoms with van der Waals surface area (Å²) in [6.45, 7) is 3.18. The highest BCUT2D eigenvalue weighted by Gasteiger charge is 2.25.